The van der Waals surface area contributed by atoms with Crippen molar-refractivity contribution in [3.63, 3.8) is 0 Å². The van der Waals surface area contributed by atoms with Crippen molar-refractivity contribution < 1.29 is 14.4 Å². The predicted molar refractivity (Wildman–Crippen MR) is 222 cm³/mol. The van der Waals surface area contributed by atoms with Crippen molar-refractivity contribution in [3.05, 3.63) is 65.0 Å². The Morgan fingerprint density at radius 3 is 2.22 bits per heavy atom. The van der Waals surface area contributed by atoms with Gasteiger partial charge in [0.25, 0.3) is 5.91 Å². The first-order valence-electron chi connectivity index (χ1n) is 21.1. The molecule has 0 radical (unpaired) electrons. The number of imidazole rings is 1. The lowest BCUT2D eigenvalue weighted by molar-refractivity contribution is -0.135. The molecule has 5 aromatic rings. The maximum absolute atomic E-state index is 14.0. The summed E-state index contributed by atoms with van der Waals surface area (Å²) in [4.78, 5) is 72.7. The number of carbonyl (C=O) groups is 3. The van der Waals surface area contributed by atoms with Gasteiger partial charge < -0.3 is 24.6 Å². The first-order chi connectivity index (χ1) is 28.2. The van der Waals surface area contributed by atoms with Gasteiger partial charge in [0, 0.05) is 70.4 Å². The standard InChI is InChI=1S/C43H51N11O4/c1-49(2)40(57)34-24-27-25-45-41(48-38(27)52(34)28-6-3-4-7-28)46-35-14-12-30(26-44-35)50-20-16-43(17-21-50)18-22-51(23-19-43)31-8-5-9-32-37(31)53(29-10-11-29)42(58)54(32)33-13-15-36(55)47-39(33)56/h5,8-9,12,14,24-26,28-29,33H,3-4,6-7,10-11,13,15-23H2,1-2H3,(H,47,55,56)(H,44,45,46,48)/t33-/m1/s1. The largest absolute Gasteiger partial charge is 0.370 e. The molecular formula is C43H51N11O4. The Morgan fingerprint density at radius 1 is 0.828 bits per heavy atom. The molecule has 302 valence electrons. The van der Waals surface area contributed by atoms with Crippen LogP contribution in [0, 0.1) is 5.41 Å². The molecule has 10 rings (SSSR count). The molecular weight excluding hydrogens is 735 g/mol. The third kappa shape index (κ3) is 6.38. The zero-order chi connectivity index (χ0) is 39.7. The Labute approximate surface area is 336 Å². The van der Waals surface area contributed by atoms with Crippen LogP contribution in [-0.4, -0.2) is 91.5 Å². The number of pyridine rings is 1. The number of amides is 3. The van der Waals surface area contributed by atoms with Crippen LogP contribution in [-0.2, 0) is 9.59 Å². The molecule has 15 heteroatoms. The molecule has 15 nitrogen and oxygen atoms in total. The fraction of sp³-hybridized carbons (Fsp3) is 0.512. The van der Waals surface area contributed by atoms with Crippen molar-refractivity contribution in [2.24, 2.45) is 5.41 Å². The van der Waals surface area contributed by atoms with Crippen LogP contribution in [0.4, 0.5) is 23.1 Å². The molecule has 2 N–H and O–H groups in total. The third-order valence-corrected chi connectivity index (χ3v) is 13.6. The van der Waals surface area contributed by atoms with Crippen molar-refractivity contribution in [2.75, 3.05) is 55.4 Å². The summed E-state index contributed by atoms with van der Waals surface area (Å²) < 4.78 is 5.70. The fourth-order valence-electron chi connectivity index (χ4n) is 10.1. The van der Waals surface area contributed by atoms with Crippen LogP contribution >= 0.6 is 0 Å². The summed E-state index contributed by atoms with van der Waals surface area (Å²) in [6, 6.07) is 11.8. The van der Waals surface area contributed by atoms with Crippen LogP contribution in [0.2, 0.25) is 0 Å². The Kier molecular flexibility index (Phi) is 9.01. The highest BCUT2D eigenvalue weighted by Gasteiger charge is 2.40. The van der Waals surface area contributed by atoms with Gasteiger partial charge >= 0.3 is 5.69 Å². The Hall–Kier alpha value is -5.73. The van der Waals surface area contributed by atoms with Crippen molar-refractivity contribution in [1.29, 1.82) is 0 Å². The number of carbonyl (C=O) groups excluding carboxylic acids is 3. The lowest BCUT2D eigenvalue weighted by Crippen LogP contribution is -2.47. The number of imide groups is 1. The summed E-state index contributed by atoms with van der Waals surface area (Å²) in [5.74, 6) is 0.427. The fourth-order valence-corrected chi connectivity index (χ4v) is 10.1. The minimum Gasteiger partial charge on any atom is -0.370 e. The van der Waals surface area contributed by atoms with Crippen LogP contribution in [0.1, 0.15) is 106 Å². The normalized spacial score (nSPS) is 21.3. The Bertz CT molecular complexity index is 2470. The van der Waals surface area contributed by atoms with E-state index in [2.05, 4.69) is 42.1 Å². The minimum atomic E-state index is -0.681. The quantitative estimate of drug-likeness (QED) is 0.187. The van der Waals surface area contributed by atoms with Crippen molar-refractivity contribution in [1.82, 2.24) is 38.9 Å². The van der Waals surface area contributed by atoms with E-state index >= 15 is 0 Å². The number of hydrogen-bond donors (Lipinski definition) is 2. The predicted octanol–water partition coefficient (Wildman–Crippen LogP) is 5.70. The average Bonchev–Trinajstić information content (AvgIpc) is 3.63. The summed E-state index contributed by atoms with van der Waals surface area (Å²) in [6.07, 6.45) is 15.0. The second-order valence-corrected chi connectivity index (χ2v) is 17.4. The summed E-state index contributed by atoms with van der Waals surface area (Å²) >= 11 is 0. The van der Waals surface area contributed by atoms with Gasteiger partial charge in [-0.1, -0.05) is 18.9 Å². The third-order valence-electron chi connectivity index (χ3n) is 13.6. The number of piperidine rings is 3. The van der Waals surface area contributed by atoms with Crippen molar-refractivity contribution in [3.8, 4) is 0 Å². The molecule has 1 spiro atoms. The molecule has 0 unspecified atom stereocenters. The summed E-state index contributed by atoms with van der Waals surface area (Å²) in [6.45, 7) is 3.75. The zero-order valence-corrected chi connectivity index (χ0v) is 33.3. The van der Waals surface area contributed by atoms with Gasteiger partial charge in [0.05, 0.1) is 28.6 Å². The van der Waals surface area contributed by atoms with Crippen LogP contribution in [0.3, 0.4) is 0 Å². The molecule has 0 bridgehead atoms. The maximum Gasteiger partial charge on any atom is 0.330 e. The summed E-state index contributed by atoms with van der Waals surface area (Å²) in [5.41, 5.74) is 5.43. The lowest BCUT2D eigenvalue weighted by Gasteiger charge is -2.48. The van der Waals surface area contributed by atoms with Crippen LogP contribution < -0.4 is 26.1 Å². The smallest absolute Gasteiger partial charge is 0.330 e. The Morgan fingerprint density at radius 2 is 1.55 bits per heavy atom. The van der Waals surface area contributed by atoms with E-state index in [1.807, 2.05) is 35.0 Å². The number of nitrogens with zero attached hydrogens (tertiary/aromatic N) is 9. The molecule has 3 amide bonds. The molecule has 5 fully saturated rings. The van der Waals surface area contributed by atoms with Crippen molar-refractivity contribution in [2.45, 2.75) is 95.2 Å². The second-order valence-electron chi connectivity index (χ2n) is 17.4. The number of anilines is 4. The molecule has 4 aromatic heterocycles. The number of nitrogens with one attached hydrogen (secondary N) is 2. The van der Waals surface area contributed by atoms with E-state index in [9.17, 15) is 19.2 Å². The monoisotopic (exact) mass is 785 g/mol. The second kappa shape index (κ2) is 14.3. The lowest BCUT2D eigenvalue weighted by atomic mass is 9.71. The number of benzene rings is 1. The van der Waals surface area contributed by atoms with Gasteiger partial charge in [-0.15, -0.1) is 0 Å². The van der Waals surface area contributed by atoms with E-state index in [1.165, 1.54) is 0 Å². The summed E-state index contributed by atoms with van der Waals surface area (Å²) in [5, 5.41) is 6.61. The van der Waals surface area contributed by atoms with Crippen molar-refractivity contribution >= 4 is 62.9 Å². The van der Waals surface area contributed by atoms with Crippen LogP contribution in [0.5, 0.6) is 0 Å². The SMILES string of the molecule is CN(C)C(=O)c1cc2cnc(Nc3ccc(N4CCC5(CC4)CCN(c4cccc6c4n(C4CC4)c(=O)n6[C@@H]4CCC(=O)NC4=O)CC5)cn3)nc2n1C1CCCC1. The van der Waals surface area contributed by atoms with Gasteiger partial charge in [0.2, 0.25) is 17.8 Å². The molecule has 1 atom stereocenters. The number of fused-ring (bicyclic) bond motifs is 2. The van der Waals surface area contributed by atoms with Gasteiger partial charge in [-0.2, -0.15) is 4.98 Å². The molecule has 58 heavy (non-hydrogen) atoms. The number of aromatic nitrogens is 6. The molecule has 3 aliphatic heterocycles. The summed E-state index contributed by atoms with van der Waals surface area (Å²) in [7, 11) is 3.57. The van der Waals surface area contributed by atoms with E-state index in [-0.39, 0.29) is 41.4 Å². The first-order valence-corrected chi connectivity index (χ1v) is 21.1. The van der Waals surface area contributed by atoms with Gasteiger partial charge in [-0.3, -0.25) is 28.8 Å². The molecule has 1 aromatic carbocycles. The van der Waals surface area contributed by atoms with Gasteiger partial charge in [0.1, 0.15) is 23.2 Å². The van der Waals surface area contributed by atoms with Gasteiger partial charge in [0.15, 0.2) is 0 Å². The number of hydrogen-bond acceptors (Lipinski definition) is 10. The van der Waals surface area contributed by atoms with Crippen LogP contribution in [0.15, 0.2) is 53.6 Å². The number of rotatable bonds is 8. The zero-order valence-electron chi connectivity index (χ0n) is 33.3. The highest BCUT2D eigenvalue weighted by atomic mass is 16.2. The van der Waals surface area contributed by atoms with E-state index < -0.39 is 11.9 Å². The molecule has 5 aliphatic rings. The highest BCUT2D eigenvalue weighted by molar-refractivity contribution is 6.01. The Balaban J connectivity index is 0.803. The first kappa shape index (κ1) is 36.6. The maximum atomic E-state index is 14.0. The van der Waals surface area contributed by atoms with E-state index in [1.54, 1.807) is 29.8 Å². The topological polar surface area (TPSA) is 156 Å². The average molecular weight is 786 g/mol. The molecule has 2 saturated carbocycles. The highest BCUT2D eigenvalue weighted by Crippen LogP contribution is 2.45. The number of para-hydroxylation sites is 1. The van der Waals surface area contributed by atoms with E-state index in [0.29, 0.717) is 23.9 Å². The van der Waals surface area contributed by atoms with E-state index in [0.717, 1.165) is 124 Å². The molecule has 3 saturated heterocycles. The molecule has 2 aliphatic carbocycles. The molecule has 7 heterocycles. The minimum absolute atomic E-state index is 0.0265. The van der Waals surface area contributed by atoms with Crippen LogP contribution in [0.25, 0.3) is 22.1 Å². The van der Waals surface area contributed by atoms with E-state index in [4.69, 9.17) is 9.97 Å². The van der Waals surface area contributed by atoms with Gasteiger partial charge in [-0.05, 0) is 93.5 Å². The van der Waals surface area contributed by atoms with Gasteiger partial charge in [-0.25, -0.2) is 14.8 Å².